The van der Waals surface area contributed by atoms with E-state index in [1.807, 2.05) is 83.8 Å². The fourth-order valence-electron chi connectivity index (χ4n) is 8.69. The zero-order chi connectivity index (χ0) is 40.0. The molecule has 4 fully saturated rings. The molecule has 0 aliphatic carbocycles. The number of fused-ring (bicyclic) bond motifs is 4. The van der Waals surface area contributed by atoms with Gasteiger partial charge in [0.1, 0.15) is 24.2 Å². The maximum absolute atomic E-state index is 13.6. The fourth-order valence-corrected chi connectivity index (χ4v) is 8.69. The van der Waals surface area contributed by atoms with Crippen molar-refractivity contribution < 1.29 is 29.3 Å². The van der Waals surface area contributed by atoms with Gasteiger partial charge in [-0.3, -0.25) is 14.5 Å². The summed E-state index contributed by atoms with van der Waals surface area (Å²) in [4.78, 5) is 45.5. The number of aromatic hydroxyl groups is 1. The first-order chi connectivity index (χ1) is 28.3. The first-order valence-corrected chi connectivity index (χ1v) is 20.4. The average molecular weight is 786 g/mol. The van der Waals surface area contributed by atoms with E-state index in [0.717, 1.165) is 62.0 Å². The zero-order valence-corrected chi connectivity index (χ0v) is 32.5. The second kappa shape index (κ2) is 17.8. The molecule has 302 valence electrons. The number of H-pyrrole nitrogens is 1. The third-order valence-electron chi connectivity index (χ3n) is 12.0. The number of rotatable bonds is 13. The van der Waals surface area contributed by atoms with Crippen molar-refractivity contribution in [2.45, 2.75) is 50.5 Å². The van der Waals surface area contributed by atoms with E-state index in [1.54, 1.807) is 12.1 Å². The van der Waals surface area contributed by atoms with Gasteiger partial charge in [-0.1, -0.05) is 60.7 Å². The molecule has 4 aromatic carbocycles. The Morgan fingerprint density at radius 2 is 1.62 bits per heavy atom. The van der Waals surface area contributed by atoms with Crippen LogP contribution < -0.4 is 20.9 Å². The summed E-state index contributed by atoms with van der Waals surface area (Å²) in [5.74, 6) is 1.37. The quantitative estimate of drug-likeness (QED) is 0.0982. The number of carbonyl (C=O) groups is 2. The van der Waals surface area contributed by atoms with Crippen LogP contribution in [0.1, 0.15) is 70.4 Å². The molecule has 5 heterocycles. The van der Waals surface area contributed by atoms with E-state index in [2.05, 4.69) is 20.5 Å². The molecule has 0 radical (unpaired) electrons. The molecule has 4 aliphatic heterocycles. The summed E-state index contributed by atoms with van der Waals surface area (Å²) in [6, 6.07) is 30.9. The number of carbonyl (C=O) groups excluding carboxylic acids is 2. The third kappa shape index (κ3) is 9.20. The number of hydrogen-bond acceptors (Lipinski definition) is 9. The Morgan fingerprint density at radius 1 is 0.845 bits per heavy atom. The number of nitrogens with one attached hydrogen (secondary N) is 3. The standard InChI is InChI=1S/C46H51N5O7/c52-39-14-12-37(38-13-15-42(54)48-44(38)39)40(53)27-47-26-30-16-22-51(23-17-30)45(55)35-10-4-6-31(24-35)29-57-36-11-5-9-34(25-36)43(33-7-2-1-3-8-33)49-46(56)58-41-28-50-20-18-32(41)19-21-50/h1-15,24-25,30,32,40-41,43,47,52-53H,16-23,26-29H2,(H,48,54)(H,49,56). The Kier molecular flexibility index (Phi) is 12.0. The van der Waals surface area contributed by atoms with Crippen molar-refractivity contribution in [3.63, 3.8) is 0 Å². The number of phenolic OH excluding ortho intramolecular Hbond substituents is 1. The summed E-state index contributed by atoms with van der Waals surface area (Å²) >= 11 is 0. The van der Waals surface area contributed by atoms with Gasteiger partial charge >= 0.3 is 6.09 Å². The molecule has 5 N–H and O–H groups in total. The number of amides is 2. The number of aromatic amines is 1. The van der Waals surface area contributed by atoms with Gasteiger partial charge < -0.3 is 40.2 Å². The molecule has 0 saturated carbocycles. The number of nitrogens with zero attached hydrogens (tertiary/aromatic N) is 2. The van der Waals surface area contributed by atoms with Crippen LogP contribution in [0.5, 0.6) is 11.5 Å². The largest absolute Gasteiger partial charge is 0.506 e. The van der Waals surface area contributed by atoms with Gasteiger partial charge in [0.05, 0.1) is 17.7 Å². The Hall–Kier alpha value is -5.69. The lowest BCUT2D eigenvalue weighted by Gasteiger charge is -2.43. The van der Waals surface area contributed by atoms with Crippen molar-refractivity contribution in [3.05, 3.63) is 141 Å². The van der Waals surface area contributed by atoms with Crippen LogP contribution in [0.3, 0.4) is 0 Å². The van der Waals surface area contributed by atoms with Crippen LogP contribution in [0.4, 0.5) is 4.79 Å². The van der Waals surface area contributed by atoms with Gasteiger partial charge in [-0.2, -0.15) is 0 Å². The predicted octanol–water partition coefficient (Wildman–Crippen LogP) is 5.90. The van der Waals surface area contributed by atoms with Gasteiger partial charge in [0.15, 0.2) is 0 Å². The Labute approximate surface area is 337 Å². The van der Waals surface area contributed by atoms with Crippen molar-refractivity contribution in [1.29, 1.82) is 0 Å². The molecule has 4 saturated heterocycles. The number of alkyl carbamates (subject to hydrolysis) is 1. The van der Waals surface area contributed by atoms with Gasteiger partial charge in [0.25, 0.3) is 5.91 Å². The van der Waals surface area contributed by atoms with Crippen LogP contribution in [0, 0.1) is 11.8 Å². The number of aromatic nitrogens is 1. The van der Waals surface area contributed by atoms with Crippen LogP contribution in [0.15, 0.2) is 108 Å². The second-order valence-electron chi connectivity index (χ2n) is 15.8. The molecule has 2 amide bonds. The molecule has 12 heteroatoms. The second-order valence-corrected chi connectivity index (χ2v) is 15.8. The van der Waals surface area contributed by atoms with Crippen LogP contribution in [0.25, 0.3) is 10.9 Å². The molecule has 5 aromatic rings. The number of ether oxygens (including phenoxy) is 2. The summed E-state index contributed by atoms with van der Waals surface area (Å²) in [5.41, 5.74) is 3.92. The third-order valence-corrected chi connectivity index (χ3v) is 12.0. The Morgan fingerprint density at radius 3 is 2.40 bits per heavy atom. The first-order valence-electron chi connectivity index (χ1n) is 20.4. The average Bonchev–Trinajstić information content (AvgIpc) is 3.26. The van der Waals surface area contributed by atoms with Crippen molar-refractivity contribution >= 4 is 22.9 Å². The summed E-state index contributed by atoms with van der Waals surface area (Å²) < 4.78 is 12.3. The minimum absolute atomic E-state index is 0.00941. The van der Waals surface area contributed by atoms with E-state index in [4.69, 9.17) is 9.47 Å². The van der Waals surface area contributed by atoms with Crippen LogP contribution in [0.2, 0.25) is 0 Å². The topological polar surface area (TPSA) is 156 Å². The summed E-state index contributed by atoms with van der Waals surface area (Å²) in [6.07, 6.45) is 2.48. The van der Waals surface area contributed by atoms with Gasteiger partial charge in [0.2, 0.25) is 5.56 Å². The van der Waals surface area contributed by atoms with E-state index in [1.165, 1.54) is 12.1 Å². The molecule has 3 unspecified atom stereocenters. The minimum Gasteiger partial charge on any atom is -0.506 e. The number of hydrogen-bond donors (Lipinski definition) is 5. The highest BCUT2D eigenvalue weighted by Gasteiger charge is 2.37. The molecule has 4 aliphatic rings. The number of likely N-dealkylation sites (tertiary alicyclic amines) is 1. The highest BCUT2D eigenvalue weighted by molar-refractivity contribution is 5.94. The van der Waals surface area contributed by atoms with E-state index in [9.17, 15) is 24.6 Å². The normalized spacial score (nSPS) is 20.4. The minimum atomic E-state index is -0.825. The van der Waals surface area contributed by atoms with E-state index >= 15 is 0 Å². The molecule has 58 heavy (non-hydrogen) atoms. The molecule has 12 nitrogen and oxygen atoms in total. The first kappa shape index (κ1) is 39.2. The summed E-state index contributed by atoms with van der Waals surface area (Å²) in [5, 5.41) is 28.2. The highest BCUT2D eigenvalue weighted by atomic mass is 16.6. The molecule has 9 rings (SSSR count). The predicted molar refractivity (Wildman–Crippen MR) is 221 cm³/mol. The van der Waals surface area contributed by atoms with E-state index < -0.39 is 18.2 Å². The fraction of sp³-hybridized carbons (Fsp3) is 0.370. The highest BCUT2D eigenvalue weighted by Crippen LogP contribution is 2.32. The van der Waals surface area contributed by atoms with Gasteiger partial charge in [0, 0.05) is 43.2 Å². The van der Waals surface area contributed by atoms with Crippen LogP contribution >= 0.6 is 0 Å². The maximum Gasteiger partial charge on any atom is 0.408 e. The SMILES string of the molecule is O=C(NC(c1ccccc1)c1cccc(OCc2cccc(C(=O)N3CCC(CNCC(O)c4ccc(O)c5[nH]c(=O)ccc45)CC3)c2)c1)OC1CN2CCC1CC2. The van der Waals surface area contributed by atoms with E-state index in [-0.39, 0.29) is 29.9 Å². The number of aliphatic hydroxyl groups excluding tert-OH is 1. The number of pyridine rings is 1. The maximum atomic E-state index is 13.6. The molecule has 1 aromatic heterocycles. The van der Waals surface area contributed by atoms with Gasteiger partial charge in [-0.15, -0.1) is 0 Å². The lowest BCUT2D eigenvalue weighted by atomic mass is 9.86. The van der Waals surface area contributed by atoms with Crippen LogP contribution in [-0.4, -0.2) is 88.9 Å². The number of aliphatic hydroxyl groups is 1. The zero-order valence-electron chi connectivity index (χ0n) is 32.5. The number of phenols is 1. The van der Waals surface area contributed by atoms with E-state index in [0.29, 0.717) is 65.8 Å². The van der Waals surface area contributed by atoms with Crippen molar-refractivity contribution in [3.8, 4) is 11.5 Å². The van der Waals surface area contributed by atoms with Crippen molar-refractivity contribution in [2.24, 2.45) is 11.8 Å². The lowest BCUT2D eigenvalue weighted by Crippen LogP contribution is -2.52. The molecule has 2 bridgehead atoms. The summed E-state index contributed by atoms with van der Waals surface area (Å²) in [7, 11) is 0. The number of piperidine rings is 4. The summed E-state index contributed by atoms with van der Waals surface area (Å²) in [6.45, 7) is 5.52. The lowest BCUT2D eigenvalue weighted by molar-refractivity contribution is -0.0336. The molecule has 0 spiro atoms. The van der Waals surface area contributed by atoms with Gasteiger partial charge in [-0.05, 0) is 116 Å². The van der Waals surface area contributed by atoms with Crippen LogP contribution in [-0.2, 0) is 11.3 Å². The smallest absolute Gasteiger partial charge is 0.408 e. The molecular formula is C46H51N5O7. The Balaban J connectivity index is 0.828. The van der Waals surface area contributed by atoms with Crippen molar-refractivity contribution in [1.82, 2.24) is 25.4 Å². The monoisotopic (exact) mass is 785 g/mol. The number of benzene rings is 4. The molecular weight excluding hydrogens is 735 g/mol. The molecule has 3 atom stereocenters. The Bertz CT molecular complexity index is 2270. The van der Waals surface area contributed by atoms with Crippen molar-refractivity contribution in [2.75, 3.05) is 45.8 Å². The van der Waals surface area contributed by atoms with Gasteiger partial charge in [-0.25, -0.2) is 4.79 Å².